The van der Waals surface area contributed by atoms with Crippen molar-refractivity contribution in [2.45, 2.75) is 24.9 Å². The van der Waals surface area contributed by atoms with Gasteiger partial charge in [-0.25, -0.2) is 0 Å². The standard InChI is InChI=1S/C5H4F5/c6-4(7,3-1-2-3)5(8,9)10/h1-2H2. The van der Waals surface area contributed by atoms with E-state index in [4.69, 9.17) is 0 Å². The lowest BCUT2D eigenvalue weighted by Gasteiger charge is -2.17. The molecule has 0 N–H and O–H groups in total. The Morgan fingerprint density at radius 3 is 1.40 bits per heavy atom. The highest BCUT2D eigenvalue weighted by Gasteiger charge is 2.65. The van der Waals surface area contributed by atoms with E-state index in [1.54, 1.807) is 0 Å². The second-order valence-corrected chi connectivity index (χ2v) is 2.18. The fraction of sp³-hybridized carbons (Fsp3) is 0.800. The molecule has 0 saturated heterocycles. The fourth-order valence-electron chi connectivity index (χ4n) is 0.577. The van der Waals surface area contributed by atoms with Gasteiger partial charge in [-0.1, -0.05) is 0 Å². The van der Waals surface area contributed by atoms with Crippen LogP contribution in [0.5, 0.6) is 0 Å². The Balaban J connectivity index is 2.66. The summed E-state index contributed by atoms with van der Waals surface area (Å²) in [6.07, 6.45) is -5.57. The molecule has 1 aliphatic rings. The molecule has 59 valence electrons. The quantitative estimate of drug-likeness (QED) is 0.515. The van der Waals surface area contributed by atoms with Crippen LogP contribution < -0.4 is 0 Å². The zero-order chi connectivity index (χ0) is 7.99. The normalized spacial score (nSPS) is 21.3. The molecule has 1 radical (unpaired) electrons. The number of halogens is 5. The van der Waals surface area contributed by atoms with Crippen molar-refractivity contribution in [2.75, 3.05) is 0 Å². The van der Waals surface area contributed by atoms with Crippen molar-refractivity contribution in [3.63, 3.8) is 0 Å². The second-order valence-electron chi connectivity index (χ2n) is 2.18. The van der Waals surface area contributed by atoms with Crippen LogP contribution in [0.1, 0.15) is 12.8 Å². The molecule has 0 nitrogen and oxygen atoms in total. The molecule has 10 heavy (non-hydrogen) atoms. The summed E-state index contributed by atoms with van der Waals surface area (Å²) >= 11 is 0. The highest BCUT2D eigenvalue weighted by atomic mass is 19.4. The largest absolute Gasteiger partial charge is 0.453 e. The lowest BCUT2D eigenvalue weighted by Crippen LogP contribution is -2.37. The number of rotatable bonds is 1. The van der Waals surface area contributed by atoms with E-state index in [0.717, 1.165) is 0 Å². The summed E-state index contributed by atoms with van der Waals surface area (Å²) in [7, 11) is 0. The molecule has 0 unspecified atom stereocenters. The van der Waals surface area contributed by atoms with E-state index in [2.05, 4.69) is 0 Å². The average molecular weight is 159 g/mol. The minimum absolute atomic E-state index is 0.0908. The molecule has 1 aliphatic carbocycles. The maximum Gasteiger partial charge on any atom is 0.453 e. The van der Waals surface area contributed by atoms with E-state index >= 15 is 0 Å². The molecule has 1 saturated carbocycles. The topological polar surface area (TPSA) is 0 Å². The van der Waals surface area contributed by atoms with Gasteiger partial charge in [-0.3, -0.25) is 0 Å². The summed E-state index contributed by atoms with van der Waals surface area (Å²) < 4.78 is 58.0. The first-order valence-electron chi connectivity index (χ1n) is 2.65. The second kappa shape index (κ2) is 1.83. The highest BCUT2D eigenvalue weighted by molar-refractivity contribution is 5.18. The summed E-state index contributed by atoms with van der Waals surface area (Å²) in [5.74, 6) is -5.23. The van der Waals surface area contributed by atoms with Crippen LogP contribution in [0.3, 0.4) is 0 Å². The molecule has 5 heteroatoms. The van der Waals surface area contributed by atoms with E-state index in [1.165, 1.54) is 0 Å². The van der Waals surface area contributed by atoms with Crippen LogP contribution in [-0.2, 0) is 0 Å². The molecule has 0 spiro atoms. The van der Waals surface area contributed by atoms with Crippen LogP contribution >= 0.6 is 0 Å². The minimum Gasteiger partial charge on any atom is -0.196 e. The maximum atomic E-state index is 12.0. The van der Waals surface area contributed by atoms with Crippen LogP contribution in [-0.4, -0.2) is 12.1 Å². The summed E-state index contributed by atoms with van der Waals surface area (Å²) in [6.45, 7) is 0. The number of alkyl halides is 5. The smallest absolute Gasteiger partial charge is 0.196 e. The van der Waals surface area contributed by atoms with Crippen molar-refractivity contribution in [3.05, 3.63) is 5.92 Å². The van der Waals surface area contributed by atoms with Crippen LogP contribution in [0.15, 0.2) is 0 Å². The van der Waals surface area contributed by atoms with Crippen molar-refractivity contribution >= 4 is 0 Å². The van der Waals surface area contributed by atoms with Crippen LogP contribution in [0.4, 0.5) is 22.0 Å². The predicted molar refractivity (Wildman–Crippen MR) is 23.5 cm³/mol. The Hall–Kier alpha value is -0.350. The first-order valence-corrected chi connectivity index (χ1v) is 2.65. The summed E-state index contributed by atoms with van der Waals surface area (Å²) in [6, 6.07) is 0. The SMILES string of the molecule is FC(F)(F)C(F)(F)[C]1CC1. The van der Waals surface area contributed by atoms with E-state index in [1.807, 2.05) is 0 Å². The molecule has 0 aliphatic heterocycles. The van der Waals surface area contributed by atoms with Crippen molar-refractivity contribution in [3.8, 4) is 0 Å². The van der Waals surface area contributed by atoms with Gasteiger partial charge in [-0.05, 0) is 12.8 Å². The Morgan fingerprint density at radius 2 is 1.30 bits per heavy atom. The van der Waals surface area contributed by atoms with Crippen molar-refractivity contribution < 1.29 is 22.0 Å². The van der Waals surface area contributed by atoms with Gasteiger partial charge in [0.25, 0.3) is 0 Å². The molecule has 0 heterocycles. The molecular weight excluding hydrogens is 155 g/mol. The lowest BCUT2D eigenvalue weighted by molar-refractivity contribution is -0.269. The van der Waals surface area contributed by atoms with E-state index in [0.29, 0.717) is 0 Å². The van der Waals surface area contributed by atoms with E-state index in [9.17, 15) is 22.0 Å². The number of hydrogen-bond acceptors (Lipinski definition) is 0. The predicted octanol–water partition coefficient (Wildman–Crippen LogP) is 2.55. The molecule has 0 aromatic rings. The van der Waals surface area contributed by atoms with Crippen LogP contribution in [0, 0.1) is 5.92 Å². The summed E-state index contributed by atoms with van der Waals surface area (Å²) in [5.41, 5.74) is 0. The van der Waals surface area contributed by atoms with Crippen molar-refractivity contribution in [1.82, 2.24) is 0 Å². The maximum absolute atomic E-state index is 12.0. The average Bonchev–Trinajstić information content (AvgIpc) is 2.38. The summed E-state index contributed by atoms with van der Waals surface area (Å²) in [5, 5.41) is 0. The Labute approximate surface area is 54.0 Å². The minimum atomic E-state index is -5.39. The van der Waals surface area contributed by atoms with Gasteiger partial charge in [0.05, 0.1) is 5.92 Å². The van der Waals surface area contributed by atoms with Crippen LogP contribution in [0.25, 0.3) is 0 Å². The highest BCUT2D eigenvalue weighted by Crippen LogP contribution is 2.53. The Bertz CT molecular complexity index is 131. The van der Waals surface area contributed by atoms with Crippen molar-refractivity contribution in [1.29, 1.82) is 0 Å². The molecule has 0 atom stereocenters. The van der Waals surface area contributed by atoms with Gasteiger partial charge < -0.3 is 0 Å². The third-order valence-corrected chi connectivity index (χ3v) is 1.30. The molecule has 0 amide bonds. The molecular formula is C5H4F5. The molecule has 1 rings (SSSR count). The van der Waals surface area contributed by atoms with Gasteiger partial charge in [-0.15, -0.1) is 0 Å². The first kappa shape index (κ1) is 7.75. The number of hydrogen-bond donors (Lipinski definition) is 0. The van der Waals surface area contributed by atoms with Crippen LogP contribution in [0.2, 0.25) is 0 Å². The van der Waals surface area contributed by atoms with E-state index < -0.39 is 18.0 Å². The van der Waals surface area contributed by atoms with E-state index in [-0.39, 0.29) is 12.8 Å². The fourth-order valence-corrected chi connectivity index (χ4v) is 0.577. The third kappa shape index (κ3) is 1.09. The first-order chi connectivity index (χ1) is 4.36. The summed E-state index contributed by atoms with van der Waals surface area (Å²) in [4.78, 5) is 0. The molecule has 0 bridgehead atoms. The zero-order valence-electron chi connectivity index (χ0n) is 4.80. The van der Waals surface area contributed by atoms with Gasteiger partial charge in [0.15, 0.2) is 0 Å². The third-order valence-electron chi connectivity index (χ3n) is 1.30. The molecule has 0 aromatic carbocycles. The Kier molecular flexibility index (Phi) is 1.42. The lowest BCUT2D eigenvalue weighted by atomic mass is 10.2. The monoisotopic (exact) mass is 159 g/mol. The van der Waals surface area contributed by atoms with Crippen molar-refractivity contribution in [2.24, 2.45) is 0 Å². The van der Waals surface area contributed by atoms with Gasteiger partial charge in [-0.2, -0.15) is 22.0 Å². The van der Waals surface area contributed by atoms with Gasteiger partial charge >= 0.3 is 12.1 Å². The van der Waals surface area contributed by atoms with Gasteiger partial charge in [0.2, 0.25) is 0 Å². The zero-order valence-corrected chi connectivity index (χ0v) is 4.80. The Morgan fingerprint density at radius 1 is 0.900 bits per heavy atom. The van der Waals surface area contributed by atoms with Gasteiger partial charge in [0, 0.05) is 0 Å². The molecule has 1 fully saturated rings. The van der Waals surface area contributed by atoms with Gasteiger partial charge in [0.1, 0.15) is 0 Å². The molecule has 0 aromatic heterocycles.